The number of nitrogens with zero attached hydrogens (tertiary/aromatic N) is 1. The van der Waals surface area contributed by atoms with Gasteiger partial charge < -0.3 is 10.6 Å². The first-order chi connectivity index (χ1) is 7.39. The van der Waals surface area contributed by atoms with E-state index >= 15 is 0 Å². The minimum atomic E-state index is -0.457. The predicted molar refractivity (Wildman–Crippen MR) is 66.4 cm³/mol. The summed E-state index contributed by atoms with van der Waals surface area (Å²) in [7, 11) is 0. The molecular weight excluding hydrogens is 227 g/mol. The Kier molecular flexibility index (Phi) is 2.74. The Hall–Kier alpha value is -0.960. The number of rotatable bonds is 1. The monoisotopic (exact) mass is 242 g/mol. The van der Waals surface area contributed by atoms with E-state index in [2.05, 4.69) is 18.7 Å². The average molecular weight is 243 g/mol. The maximum absolute atomic E-state index is 13.2. The molecule has 1 aliphatic heterocycles. The van der Waals surface area contributed by atoms with Crippen LogP contribution in [0.3, 0.4) is 0 Å². The number of halogens is 2. The smallest absolute Gasteiger partial charge is 0.143 e. The highest BCUT2D eigenvalue weighted by atomic mass is 35.5. The molecule has 1 saturated heterocycles. The van der Waals surface area contributed by atoms with Crippen LogP contribution in [-0.4, -0.2) is 13.1 Å². The van der Waals surface area contributed by atoms with Crippen molar-refractivity contribution in [3.8, 4) is 0 Å². The summed E-state index contributed by atoms with van der Waals surface area (Å²) in [5.41, 5.74) is 7.41. The number of benzene rings is 1. The minimum absolute atomic E-state index is 0.133. The topological polar surface area (TPSA) is 29.3 Å². The Morgan fingerprint density at radius 2 is 2.12 bits per heavy atom. The van der Waals surface area contributed by atoms with Gasteiger partial charge in [0.2, 0.25) is 0 Å². The van der Waals surface area contributed by atoms with E-state index in [4.69, 9.17) is 17.3 Å². The van der Waals surface area contributed by atoms with Crippen LogP contribution in [0, 0.1) is 11.2 Å². The van der Waals surface area contributed by atoms with Gasteiger partial charge in [-0.2, -0.15) is 0 Å². The van der Waals surface area contributed by atoms with E-state index in [1.807, 2.05) is 0 Å². The highest BCUT2D eigenvalue weighted by Gasteiger charge is 2.30. The largest absolute Gasteiger partial charge is 0.397 e. The third kappa shape index (κ3) is 2.09. The summed E-state index contributed by atoms with van der Waals surface area (Å²) in [5, 5.41) is 0.133. The molecule has 0 aromatic heterocycles. The summed E-state index contributed by atoms with van der Waals surface area (Å²) in [6.45, 7) is 6.31. The second-order valence-electron chi connectivity index (χ2n) is 5.16. The molecule has 1 aromatic carbocycles. The molecule has 2 N–H and O–H groups in total. The lowest BCUT2D eigenvalue weighted by atomic mass is 9.93. The molecule has 0 amide bonds. The van der Waals surface area contributed by atoms with Gasteiger partial charge in [0.25, 0.3) is 0 Å². The first kappa shape index (κ1) is 11.5. The summed E-state index contributed by atoms with van der Waals surface area (Å²) >= 11 is 5.78. The van der Waals surface area contributed by atoms with Crippen LogP contribution in [0.25, 0.3) is 0 Å². The molecule has 0 unspecified atom stereocenters. The summed E-state index contributed by atoms with van der Waals surface area (Å²) < 4.78 is 13.2. The molecule has 2 nitrogen and oxygen atoms in total. The highest BCUT2D eigenvalue weighted by Crippen LogP contribution is 2.36. The van der Waals surface area contributed by atoms with Gasteiger partial charge in [0.1, 0.15) is 5.82 Å². The van der Waals surface area contributed by atoms with Crippen molar-refractivity contribution >= 4 is 23.0 Å². The van der Waals surface area contributed by atoms with Gasteiger partial charge in [-0.3, -0.25) is 0 Å². The van der Waals surface area contributed by atoms with Gasteiger partial charge in [0.15, 0.2) is 0 Å². The molecule has 16 heavy (non-hydrogen) atoms. The van der Waals surface area contributed by atoms with Crippen LogP contribution in [0.5, 0.6) is 0 Å². The molecular formula is C12H16ClFN2. The van der Waals surface area contributed by atoms with E-state index in [1.54, 1.807) is 6.07 Å². The molecule has 88 valence electrons. The summed E-state index contributed by atoms with van der Waals surface area (Å²) in [4.78, 5) is 2.17. The molecule has 0 aliphatic carbocycles. The van der Waals surface area contributed by atoms with Crippen molar-refractivity contribution in [1.29, 1.82) is 0 Å². The molecule has 0 bridgehead atoms. The molecule has 0 radical (unpaired) electrons. The standard InChI is InChI=1S/C12H16ClFN2/c1-12(2)3-4-16(7-12)11-5-8(13)9(14)6-10(11)15/h5-6H,3-4,7,15H2,1-2H3. The van der Waals surface area contributed by atoms with Crippen LogP contribution in [-0.2, 0) is 0 Å². The Balaban J connectivity index is 2.32. The molecule has 0 atom stereocenters. The fraction of sp³-hybridized carbons (Fsp3) is 0.500. The lowest BCUT2D eigenvalue weighted by Crippen LogP contribution is -2.23. The van der Waals surface area contributed by atoms with E-state index in [-0.39, 0.29) is 10.4 Å². The van der Waals surface area contributed by atoms with Crippen LogP contribution >= 0.6 is 11.6 Å². The minimum Gasteiger partial charge on any atom is -0.397 e. The van der Waals surface area contributed by atoms with Crippen molar-refractivity contribution in [3.63, 3.8) is 0 Å². The lowest BCUT2D eigenvalue weighted by Gasteiger charge is -2.23. The second kappa shape index (κ2) is 3.81. The molecule has 4 heteroatoms. The highest BCUT2D eigenvalue weighted by molar-refractivity contribution is 6.31. The van der Waals surface area contributed by atoms with Crippen molar-refractivity contribution in [1.82, 2.24) is 0 Å². The van der Waals surface area contributed by atoms with Gasteiger partial charge in [-0.1, -0.05) is 25.4 Å². The number of nitrogen functional groups attached to an aromatic ring is 1. The molecule has 2 rings (SSSR count). The Labute approximate surface area is 100 Å². The van der Waals surface area contributed by atoms with Crippen molar-refractivity contribution in [2.45, 2.75) is 20.3 Å². The predicted octanol–water partition coefficient (Wildman–Crippen LogP) is 3.30. The molecule has 0 spiro atoms. The fourth-order valence-corrected chi connectivity index (χ4v) is 2.30. The molecule has 1 fully saturated rings. The maximum atomic E-state index is 13.2. The average Bonchev–Trinajstić information content (AvgIpc) is 2.52. The summed E-state index contributed by atoms with van der Waals surface area (Å²) in [5.74, 6) is -0.457. The van der Waals surface area contributed by atoms with Crippen LogP contribution in [0.1, 0.15) is 20.3 Å². The zero-order valence-corrected chi connectivity index (χ0v) is 10.3. The molecule has 1 aromatic rings. The van der Waals surface area contributed by atoms with Gasteiger partial charge in [-0.25, -0.2) is 4.39 Å². The fourth-order valence-electron chi connectivity index (χ4n) is 2.14. The van der Waals surface area contributed by atoms with E-state index < -0.39 is 5.82 Å². The van der Waals surface area contributed by atoms with E-state index in [1.165, 1.54) is 6.07 Å². The first-order valence-corrected chi connectivity index (χ1v) is 5.76. The van der Waals surface area contributed by atoms with Crippen molar-refractivity contribution in [2.75, 3.05) is 23.7 Å². The molecule has 1 heterocycles. The van der Waals surface area contributed by atoms with Crippen molar-refractivity contribution in [2.24, 2.45) is 5.41 Å². The van der Waals surface area contributed by atoms with E-state index in [0.717, 1.165) is 25.2 Å². The van der Waals surface area contributed by atoms with Gasteiger partial charge >= 0.3 is 0 Å². The van der Waals surface area contributed by atoms with Crippen LogP contribution in [0.15, 0.2) is 12.1 Å². The normalized spacial score (nSPS) is 19.1. The summed E-state index contributed by atoms with van der Waals surface area (Å²) in [6.07, 6.45) is 1.11. The zero-order chi connectivity index (χ0) is 11.9. The van der Waals surface area contributed by atoms with Gasteiger partial charge in [0, 0.05) is 19.2 Å². The molecule has 0 saturated carbocycles. The number of anilines is 2. The third-order valence-electron chi connectivity index (χ3n) is 3.09. The summed E-state index contributed by atoms with van der Waals surface area (Å²) in [6, 6.07) is 2.91. The van der Waals surface area contributed by atoms with E-state index in [0.29, 0.717) is 5.69 Å². The quantitative estimate of drug-likeness (QED) is 0.766. The van der Waals surface area contributed by atoms with Gasteiger partial charge in [-0.15, -0.1) is 0 Å². The number of nitrogens with two attached hydrogens (primary N) is 1. The number of hydrogen-bond acceptors (Lipinski definition) is 2. The van der Waals surface area contributed by atoms with Crippen LogP contribution < -0.4 is 10.6 Å². The first-order valence-electron chi connectivity index (χ1n) is 5.38. The van der Waals surface area contributed by atoms with E-state index in [9.17, 15) is 4.39 Å². The number of hydrogen-bond donors (Lipinski definition) is 1. The maximum Gasteiger partial charge on any atom is 0.143 e. The van der Waals surface area contributed by atoms with Crippen LogP contribution in [0.4, 0.5) is 15.8 Å². The van der Waals surface area contributed by atoms with Gasteiger partial charge in [0.05, 0.1) is 16.4 Å². The third-order valence-corrected chi connectivity index (χ3v) is 3.38. The second-order valence-corrected chi connectivity index (χ2v) is 5.57. The Bertz CT molecular complexity index is 418. The Morgan fingerprint density at radius 1 is 1.44 bits per heavy atom. The van der Waals surface area contributed by atoms with Gasteiger partial charge in [-0.05, 0) is 17.9 Å². The van der Waals surface area contributed by atoms with Crippen molar-refractivity contribution in [3.05, 3.63) is 23.0 Å². The van der Waals surface area contributed by atoms with Crippen molar-refractivity contribution < 1.29 is 4.39 Å². The SMILES string of the molecule is CC1(C)CCN(c2cc(Cl)c(F)cc2N)C1. The lowest BCUT2D eigenvalue weighted by molar-refractivity contribution is 0.418. The zero-order valence-electron chi connectivity index (χ0n) is 9.56. The van der Waals surface area contributed by atoms with Crippen LogP contribution in [0.2, 0.25) is 5.02 Å². The Morgan fingerprint density at radius 3 is 2.69 bits per heavy atom. The molecule has 1 aliphatic rings.